The zero-order valence-electron chi connectivity index (χ0n) is 35.7. The third-order valence-electron chi connectivity index (χ3n) is 13.7. The molecule has 2 aromatic heterocycles. The lowest BCUT2D eigenvalue weighted by atomic mass is 9.84. The van der Waals surface area contributed by atoms with Crippen molar-refractivity contribution in [1.82, 2.24) is 9.13 Å². The fourth-order valence-electron chi connectivity index (χ4n) is 10.6. The lowest BCUT2D eigenvalue weighted by Crippen LogP contribution is -1.97. The van der Waals surface area contributed by atoms with Crippen LogP contribution in [0.3, 0.4) is 0 Å². The van der Waals surface area contributed by atoms with E-state index in [-0.39, 0.29) is 0 Å². The minimum atomic E-state index is 0.845. The number of allylic oxidation sites excluding steroid dienone is 5. The molecule has 1 aliphatic rings. The first-order chi connectivity index (χ1) is 32.2. The number of rotatable bonds is 4. The van der Waals surface area contributed by atoms with Gasteiger partial charge in [0, 0.05) is 32.9 Å². The Balaban J connectivity index is 0.949. The minimum Gasteiger partial charge on any atom is -0.309 e. The van der Waals surface area contributed by atoms with Crippen molar-refractivity contribution in [2.45, 2.75) is 6.42 Å². The molecule has 0 fully saturated rings. The Morgan fingerprint density at radius 1 is 0.338 bits per heavy atom. The normalized spacial score (nSPS) is 13.8. The molecule has 0 atom stereocenters. The van der Waals surface area contributed by atoms with Gasteiger partial charge in [0.1, 0.15) is 0 Å². The van der Waals surface area contributed by atoms with Crippen LogP contribution in [-0.2, 0) is 6.42 Å². The van der Waals surface area contributed by atoms with Gasteiger partial charge in [-0.05, 0) is 151 Å². The van der Waals surface area contributed by atoms with E-state index in [2.05, 4.69) is 246 Å². The van der Waals surface area contributed by atoms with E-state index in [0.717, 1.165) is 23.2 Å². The van der Waals surface area contributed by atoms with Crippen LogP contribution >= 0.6 is 0 Å². The fourth-order valence-corrected chi connectivity index (χ4v) is 10.6. The number of benzene rings is 10. The molecule has 13 rings (SSSR count). The average Bonchev–Trinajstić information content (AvgIpc) is 3.88. The third kappa shape index (κ3) is 5.95. The van der Waals surface area contributed by atoms with Gasteiger partial charge in [0.25, 0.3) is 0 Å². The van der Waals surface area contributed by atoms with Crippen LogP contribution in [0.5, 0.6) is 0 Å². The van der Waals surface area contributed by atoms with Crippen molar-refractivity contribution in [2.75, 3.05) is 0 Å². The molecule has 0 amide bonds. The number of para-hydroxylation sites is 3. The number of hydrogen-bond donors (Lipinski definition) is 0. The largest absolute Gasteiger partial charge is 0.309 e. The molecular formula is C63H42N2. The highest BCUT2D eigenvalue weighted by Crippen LogP contribution is 2.43. The molecule has 1 aliphatic carbocycles. The van der Waals surface area contributed by atoms with Gasteiger partial charge in [-0.1, -0.05) is 164 Å². The molecule has 2 nitrogen and oxygen atoms in total. The van der Waals surface area contributed by atoms with Gasteiger partial charge >= 0.3 is 0 Å². The lowest BCUT2D eigenvalue weighted by molar-refractivity contribution is 1.18. The average molecular weight is 827 g/mol. The van der Waals surface area contributed by atoms with Crippen LogP contribution in [0.25, 0.3) is 115 Å². The van der Waals surface area contributed by atoms with Gasteiger partial charge in [-0.15, -0.1) is 0 Å². The van der Waals surface area contributed by atoms with Gasteiger partial charge in [0.05, 0.1) is 22.1 Å². The molecule has 304 valence electrons. The van der Waals surface area contributed by atoms with Crippen molar-refractivity contribution >= 4 is 70.7 Å². The molecular weight excluding hydrogens is 785 g/mol. The Morgan fingerprint density at radius 2 is 0.908 bits per heavy atom. The van der Waals surface area contributed by atoms with Gasteiger partial charge in [0.15, 0.2) is 0 Å². The topological polar surface area (TPSA) is 9.86 Å². The molecule has 2 heteroatoms. The zero-order chi connectivity index (χ0) is 43.0. The zero-order valence-corrected chi connectivity index (χ0v) is 35.7. The Bertz CT molecular complexity index is 3980. The standard InChI is InChI=1S/C63H42N2/c1-41-16-4-2-7-20-53-51-22-10-11-23-52(51)56(40-57(53)50-21-9-8-19-49(41)50)45-29-28-42-30-33-48(37-46(42)36-45)65-61-27-15-13-25-55(61)59-39-44(32-35-63(59)65)43-31-34-62-58(38-43)54-24-12-14-26-60(54)64(62)47-17-5-3-6-18-47/h2-19,21-40H,1,20H2/b7-2-,16-4-. The maximum atomic E-state index is 4.47. The summed E-state index contributed by atoms with van der Waals surface area (Å²) in [5, 5.41) is 9.96. The third-order valence-corrected chi connectivity index (χ3v) is 13.7. The molecule has 2 heterocycles. The first-order valence-corrected chi connectivity index (χ1v) is 22.5. The number of fused-ring (bicyclic) bond motifs is 12. The van der Waals surface area contributed by atoms with Crippen LogP contribution in [0.4, 0.5) is 0 Å². The second-order valence-corrected chi connectivity index (χ2v) is 17.3. The van der Waals surface area contributed by atoms with E-state index in [1.807, 2.05) is 0 Å². The van der Waals surface area contributed by atoms with E-state index in [9.17, 15) is 0 Å². The van der Waals surface area contributed by atoms with Crippen molar-refractivity contribution < 1.29 is 0 Å². The first kappa shape index (κ1) is 37.1. The van der Waals surface area contributed by atoms with Gasteiger partial charge in [0.2, 0.25) is 0 Å². The lowest BCUT2D eigenvalue weighted by Gasteiger charge is -2.20. The molecule has 10 aromatic carbocycles. The minimum absolute atomic E-state index is 0.845. The van der Waals surface area contributed by atoms with Crippen LogP contribution in [-0.4, -0.2) is 9.13 Å². The summed E-state index contributed by atoms with van der Waals surface area (Å²) in [4.78, 5) is 0. The fraction of sp³-hybridized carbons (Fsp3) is 0.0159. The van der Waals surface area contributed by atoms with Crippen molar-refractivity contribution in [3.8, 4) is 44.8 Å². The second kappa shape index (κ2) is 14.8. The van der Waals surface area contributed by atoms with Crippen LogP contribution < -0.4 is 0 Å². The second-order valence-electron chi connectivity index (χ2n) is 17.3. The van der Waals surface area contributed by atoms with E-state index in [4.69, 9.17) is 0 Å². The summed E-state index contributed by atoms with van der Waals surface area (Å²) in [6.07, 6.45) is 9.48. The van der Waals surface area contributed by atoms with E-state index in [1.54, 1.807) is 0 Å². The SMILES string of the molecule is C=C1/C=C\C=C/Cc2c(cc(-c3ccc4ccc(-n5c6ccccc6c6cc(-c7ccc8c(c7)c7ccccc7n8-c7ccccc7)ccc65)cc4c3)c3ccccc23)-c2ccccc21. The van der Waals surface area contributed by atoms with Gasteiger partial charge in [-0.2, -0.15) is 0 Å². The molecule has 65 heavy (non-hydrogen) atoms. The van der Waals surface area contributed by atoms with Crippen molar-refractivity contribution in [3.05, 3.63) is 248 Å². The maximum Gasteiger partial charge on any atom is 0.0541 e. The highest BCUT2D eigenvalue weighted by molar-refractivity contribution is 6.13. The van der Waals surface area contributed by atoms with Crippen LogP contribution in [0.2, 0.25) is 0 Å². The molecule has 0 bridgehead atoms. The highest BCUT2D eigenvalue weighted by atomic mass is 15.0. The quantitative estimate of drug-likeness (QED) is 0.167. The summed E-state index contributed by atoms with van der Waals surface area (Å²) < 4.78 is 4.82. The molecule has 0 spiro atoms. The first-order valence-electron chi connectivity index (χ1n) is 22.5. The number of nitrogens with zero attached hydrogens (tertiary/aromatic N) is 2. The van der Waals surface area contributed by atoms with Gasteiger partial charge in [-0.25, -0.2) is 0 Å². The summed E-state index contributed by atoms with van der Waals surface area (Å²) in [6.45, 7) is 4.47. The molecule has 0 unspecified atom stereocenters. The van der Waals surface area contributed by atoms with E-state index in [1.165, 1.54) is 110 Å². The highest BCUT2D eigenvalue weighted by Gasteiger charge is 2.19. The summed E-state index contributed by atoms with van der Waals surface area (Å²) in [5.74, 6) is 0. The monoisotopic (exact) mass is 826 g/mol. The van der Waals surface area contributed by atoms with E-state index >= 15 is 0 Å². The Hall–Kier alpha value is -8.46. The molecule has 0 saturated carbocycles. The van der Waals surface area contributed by atoms with Crippen molar-refractivity contribution in [2.24, 2.45) is 0 Å². The van der Waals surface area contributed by atoms with Crippen molar-refractivity contribution in [1.29, 1.82) is 0 Å². The predicted molar refractivity (Wildman–Crippen MR) is 277 cm³/mol. The Morgan fingerprint density at radius 3 is 1.63 bits per heavy atom. The van der Waals surface area contributed by atoms with Crippen LogP contribution in [0, 0.1) is 0 Å². The summed E-state index contributed by atoms with van der Waals surface area (Å²) in [5.41, 5.74) is 18.0. The smallest absolute Gasteiger partial charge is 0.0541 e. The predicted octanol–water partition coefficient (Wildman–Crippen LogP) is 16.9. The molecule has 12 aromatic rings. The summed E-state index contributed by atoms with van der Waals surface area (Å²) in [6, 6.07) is 76.1. The molecule has 0 saturated heterocycles. The van der Waals surface area contributed by atoms with Crippen LogP contribution in [0.1, 0.15) is 11.1 Å². The Kier molecular flexibility index (Phi) is 8.47. The van der Waals surface area contributed by atoms with Gasteiger partial charge in [-0.3, -0.25) is 0 Å². The summed E-state index contributed by atoms with van der Waals surface area (Å²) >= 11 is 0. The van der Waals surface area contributed by atoms with Gasteiger partial charge < -0.3 is 9.13 Å². The number of aromatic nitrogens is 2. The Labute approximate surface area is 377 Å². The maximum absolute atomic E-state index is 4.47. The van der Waals surface area contributed by atoms with E-state index < -0.39 is 0 Å². The molecule has 0 radical (unpaired) electrons. The molecule has 0 N–H and O–H groups in total. The number of hydrogen-bond acceptors (Lipinski definition) is 0. The van der Waals surface area contributed by atoms with E-state index in [0.29, 0.717) is 0 Å². The van der Waals surface area contributed by atoms with Crippen molar-refractivity contribution in [3.63, 3.8) is 0 Å². The summed E-state index contributed by atoms with van der Waals surface area (Å²) in [7, 11) is 0. The molecule has 0 aliphatic heterocycles. The van der Waals surface area contributed by atoms with Crippen LogP contribution in [0.15, 0.2) is 237 Å².